The lowest BCUT2D eigenvalue weighted by atomic mass is 10.1. The van der Waals surface area contributed by atoms with E-state index in [4.69, 9.17) is 10.2 Å². The monoisotopic (exact) mass is 221 g/mol. The van der Waals surface area contributed by atoms with Gasteiger partial charge in [0.15, 0.2) is 0 Å². The quantitative estimate of drug-likeness (QED) is 0.792. The van der Waals surface area contributed by atoms with Crippen molar-refractivity contribution < 1.29 is 28.2 Å². The van der Waals surface area contributed by atoms with Crippen molar-refractivity contribution in [1.29, 1.82) is 0 Å². The van der Waals surface area contributed by atoms with Gasteiger partial charge in [0.2, 0.25) is 0 Å². The first-order chi connectivity index (χ1) is 6.82. The molecule has 15 heavy (non-hydrogen) atoms. The summed E-state index contributed by atoms with van der Waals surface area (Å²) in [6.07, 6.45) is -4.67. The van der Waals surface area contributed by atoms with Crippen LogP contribution in [0.2, 0.25) is 0 Å². The van der Waals surface area contributed by atoms with Crippen LogP contribution in [0.3, 0.4) is 0 Å². The number of carbonyl (C=O) groups is 1. The summed E-state index contributed by atoms with van der Waals surface area (Å²) in [6, 6.07) is 0.584. The van der Waals surface area contributed by atoms with E-state index in [0.29, 0.717) is 6.07 Å². The molecule has 1 aromatic rings. The second kappa shape index (κ2) is 3.76. The Balaban J connectivity index is 3.17. The SMILES string of the molecule is O=C(O)Cc1nccc(C(F)(F)F)c1O. The largest absolute Gasteiger partial charge is 0.505 e. The Morgan fingerprint density at radius 1 is 1.47 bits per heavy atom. The van der Waals surface area contributed by atoms with Crippen molar-refractivity contribution in [2.24, 2.45) is 0 Å². The highest BCUT2D eigenvalue weighted by Gasteiger charge is 2.35. The first-order valence-corrected chi connectivity index (χ1v) is 3.78. The van der Waals surface area contributed by atoms with E-state index in [1.807, 2.05) is 0 Å². The number of rotatable bonds is 2. The molecule has 0 aliphatic rings. The third-order valence-corrected chi connectivity index (χ3v) is 1.62. The molecular formula is C8H6F3NO3. The van der Waals surface area contributed by atoms with Gasteiger partial charge in [0.25, 0.3) is 0 Å². The van der Waals surface area contributed by atoms with Crippen LogP contribution in [0.5, 0.6) is 5.75 Å². The summed E-state index contributed by atoms with van der Waals surface area (Å²) in [4.78, 5) is 13.6. The van der Waals surface area contributed by atoms with Crippen LogP contribution in [0.25, 0.3) is 0 Å². The number of aliphatic carboxylic acids is 1. The fraction of sp³-hybridized carbons (Fsp3) is 0.250. The van der Waals surface area contributed by atoms with E-state index in [1.165, 1.54) is 0 Å². The van der Waals surface area contributed by atoms with Crippen LogP contribution in [0.4, 0.5) is 13.2 Å². The van der Waals surface area contributed by atoms with Crippen LogP contribution in [-0.4, -0.2) is 21.2 Å². The first-order valence-electron chi connectivity index (χ1n) is 3.78. The van der Waals surface area contributed by atoms with Gasteiger partial charge in [0, 0.05) is 6.20 Å². The van der Waals surface area contributed by atoms with Crippen LogP contribution in [0.1, 0.15) is 11.3 Å². The summed E-state index contributed by atoms with van der Waals surface area (Å²) >= 11 is 0. The Bertz CT molecular complexity index is 389. The fourth-order valence-corrected chi connectivity index (χ4v) is 0.999. The Kier molecular flexibility index (Phi) is 2.83. The molecule has 0 aromatic carbocycles. The molecule has 1 rings (SSSR count). The van der Waals surface area contributed by atoms with Crippen LogP contribution in [-0.2, 0) is 17.4 Å². The van der Waals surface area contributed by atoms with Crippen molar-refractivity contribution >= 4 is 5.97 Å². The van der Waals surface area contributed by atoms with Gasteiger partial charge in [-0.25, -0.2) is 0 Å². The number of alkyl halides is 3. The van der Waals surface area contributed by atoms with Gasteiger partial charge < -0.3 is 10.2 Å². The average Bonchev–Trinajstić information content (AvgIpc) is 2.05. The predicted molar refractivity (Wildman–Crippen MR) is 42.2 cm³/mol. The zero-order valence-electron chi connectivity index (χ0n) is 7.25. The summed E-state index contributed by atoms with van der Waals surface area (Å²) in [6.45, 7) is 0. The van der Waals surface area contributed by atoms with Gasteiger partial charge in [-0.15, -0.1) is 0 Å². The number of aromatic hydroxyl groups is 1. The third kappa shape index (κ3) is 2.58. The lowest BCUT2D eigenvalue weighted by molar-refractivity contribution is -0.140. The van der Waals surface area contributed by atoms with E-state index >= 15 is 0 Å². The molecule has 0 aliphatic heterocycles. The zero-order chi connectivity index (χ0) is 11.6. The van der Waals surface area contributed by atoms with Crippen molar-refractivity contribution in [2.75, 3.05) is 0 Å². The molecular weight excluding hydrogens is 215 g/mol. The second-order valence-electron chi connectivity index (χ2n) is 2.72. The molecule has 1 aromatic heterocycles. The maximum absolute atomic E-state index is 12.2. The minimum absolute atomic E-state index is 0.502. The van der Waals surface area contributed by atoms with Gasteiger partial charge >= 0.3 is 12.1 Å². The number of pyridine rings is 1. The molecule has 7 heteroatoms. The Hall–Kier alpha value is -1.79. The Morgan fingerprint density at radius 3 is 2.53 bits per heavy atom. The molecule has 0 saturated heterocycles. The standard InChI is InChI=1S/C8H6F3NO3/c9-8(10,11)4-1-2-12-5(7(4)15)3-6(13)14/h1-2,15H,3H2,(H,13,14). The maximum Gasteiger partial charge on any atom is 0.420 e. The predicted octanol–water partition coefficient (Wildman–Crippen LogP) is 1.43. The van der Waals surface area contributed by atoms with Gasteiger partial charge in [-0.2, -0.15) is 13.2 Å². The summed E-state index contributed by atoms with van der Waals surface area (Å²) in [5.74, 6) is -2.50. The minimum atomic E-state index is -4.72. The van der Waals surface area contributed by atoms with E-state index in [1.54, 1.807) is 0 Å². The van der Waals surface area contributed by atoms with Gasteiger partial charge in [-0.05, 0) is 6.07 Å². The highest BCUT2D eigenvalue weighted by atomic mass is 19.4. The number of hydrogen-bond donors (Lipinski definition) is 2. The van der Waals surface area contributed by atoms with Crippen molar-refractivity contribution in [3.63, 3.8) is 0 Å². The van der Waals surface area contributed by atoms with Crippen molar-refractivity contribution in [2.45, 2.75) is 12.6 Å². The van der Waals surface area contributed by atoms with E-state index in [0.717, 1.165) is 6.20 Å². The molecule has 4 nitrogen and oxygen atoms in total. The molecule has 0 amide bonds. The Morgan fingerprint density at radius 2 is 2.07 bits per heavy atom. The normalized spacial score (nSPS) is 11.4. The number of halogens is 3. The molecule has 0 fully saturated rings. The van der Waals surface area contributed by atoms with E-state index in [9.17, 15) is 18.0 Å². The van der Waals surface area contributed by atoms with E-state index in [-0.39, 0.29) is 0 Å². The summed E-state index contributed by atoms with van der Waals surface area (Å²) in [7, 11) is 0. The first kappa shape index (κ1) is 11.3. The maximum atomic E-state index is 12.2. The molecule has 0 radical (unpaired) electrons. The van der Waals surface area contributed by atoms with Gasteiger partial charge in [-0.1, -0.05) is 0 Å². The summed E-state index contributed by atoms with van der Waals surface area (Å²) < 4.78 is 36.7. The van der Waals surface area contributed by atoms with Crippen molar-refractivity contribution in [3.05, 3.63) is 23.5 Å². The lowest BCUT2D eigenvalue weighted by Gasteiger charge is -2.10. The minimum Gasteiger partial charge on any atom is -0.505 e. The number of carboxylic acids is 1. The van der Waals surface area contributed by atoms with E-state index in [2.05, 4.69) is 4.98 Å². The van der Waals surface area contributed by atoms with Crippen LogP contribution in [0.15, 0.2) is 12.3 Å². The molecule has 0 saturated carbocycles. The lowest BCUT2D eigenvalue weighted by Crippen LogP contribution is -2.09. The molecule has 2 N–H and O–H groups in total. The Labute approximate surface area is 82.0 Å². The van der Waals surface area contributed by atoms with Gasteiger partial charge in [0.05, 0.1) is 12.1 Å². The molecule has 0 bridgehead atoms. The number of carboxylic acid groups (broad SMARTS) is 1. The summed E-state index contributed by atoms with van der Waals surface area (Å²) in [5, 5.41) is 17.5. The number of nitrogens with zero attached hydrogens (tertiary/aromatic N) is 1. The topological polar surface area (TPSA) is 70.4 Å². The molecule has 0 atom stereocenters. The number of hydrogen-bond acceptors (Lipinski definition) is 3. The highest BCUT2D eigenvalue weighted by Crippen LogP contribution is 2.36. The molecule has 0 aliphatic carbocycles. The molecule has 0 spiro atoms. The van der Waals surface area contributed by atoms with E-state index < -0.39 is 35.6 Å². The zero-order valence-corrected chi connectivity index (χ0v) is 7.25. The van der Waals surface area contributed by atoms with Gasteiger partial charge in [-0.3, -0.25) is 9.78 Å². The molecule has 1 heterocycles. The van der Waals surface area contributed by atoms with Crippen LogP contribution in [0, 0.1) is 0 Å². The van der Waals surface area contributed by atoms with Crippen LogP contribution < -0.4 is 0 Å². The van der Waals surface area contributed by atoms with Crippen molar-refractivity contribution in [1.82, 2.24) is 4.98 Å². The average molecular weight is 221 g/mol. The summed E-state index contributed by atoms with van der Waals surface area (Å²) in [5.41, 5.74) is -1.79. The second-order valence-corrected chi connectivity index (χ2v) is 2.72. The third-order valence-electron chi connectivity index (χ3n) is 1.62. The van der Waals surface area contributed by atoms with Crippen LogP contribution >= 0.6 is 0 Å². The van der Waals surface area contributed by atoms with Gasteiger partial charge in [0.1, 0.15) is 11.3 Å². The highest BCUT2D eigenvalue weighted by molar-refractivity contribution is 5.70. The molecule has 82 valence electrons. The van der Waals surface area contributed by atoms with Crippen molar-refractivity contribution in [3.8, 4) is 5.75 Å². The smallest absolute Gasteiger partial charge is 0.420 e. The fourth-order valence-electron chi connectivity index (χ4n) is 0.999. The molecule has 0 unspecified atom stereocenters. The number of aromatic nitrogens is 1.